The molecule has 2 amide bonds. The second-order valence-electron chi connectivity index (χ2n) is 4.94. The summed E-state index contributed by atoms with van der Waals surface area (Å²) in [7, 11) is 0. The van der Waals surface area contributed by atoms with Crippen LogP contribution >= 0.6 is 0 Å². The summed E-state index contributed by atoms with van der Waals surface area (Å²) >= 11 is 0. The van der Waals surface area contributed by atoms with Crippen LogP contribution in [0.25, 0.3) is 0 Å². The van der Waals surface area contributed by atoms with Gasteiger partial charge in [-0.3, -0.25) is 9.59 Å². The average Bonchev–Trinajstić information content (AvgIpc) is 2.30. The quantitative estimate of drug-likeness (QED) is 0.782. The van der Waals surface area contributed by atoms with Crippen molar-refractivity contribution in [3.63, 3.8) is 0 Å². The second kappa shape index (κ2) is 5.49. The molecular weight excluding hydrogens is 220 g/mol. The molecule has 1 heterocycles. The summed E-state index contributed by atoms with van der Waals surface area (Å²) in [6, 6.07) is 0. The number of hydrogen-bond donors (Lipinski definition) is 1. The van der Waals surface area contributed by atoms with E-state index in [1.165, 1.54) is 0 Å². The molecule has 0 saturated carbocycles. The van der Waals surface area contributed by atoms with Crippen molar-refractivity contribution in [3.05, 3.63) is 0 Å². The van der Waals surface area contributed by atoms with Gasteiger partial charge in [0.15, 0.2) is 0 Å². The van der Waals surface area contributed by atoms with Crippen LogP contribution in [0.4, 0.5) is 0 Å². The van der Waals surface area contributed by atoms with Gasteiger partial charge in [0.1, 0.15) is 5.54 Å². The molecule has 1 aliphatic rings. The Labute approximate surface area is 102 Å². The Kier molecular flexibility index (Phi) is 4.51. The maximum atomic E-state index is 12.2. The number of amides is 2. The molecule has 1 saturated heterocycles. The maximum absolute atomic E-state index is 12.2. The molecular formula is C12H22N2O3. The van der Waals surface area contributed by atoms with E-state index in [9.17, 15) is 9.59 Å². The van der Waals surface area contributed by atoms with Gasteiger partial charge in [-0.2, -0.15) is 0 Å². The van der Waals surface area contributed by atoms with Gasteiger partial charge in [0.2, 0.25) is 11.8 Å². The van der Waals surface area contributed by atoms with Crippen molar-refractivity contribution in [2.45, 2.75) is 45.8 Å². The molecule has 1 aliphatic heterocycles. The Morgan fingerprint density at radius 1 is 1.47 bits per heavy atom. The molecule has 0 spiro atoms. The van der Waals surface area contributed by atoms with E-state index in [0.29, 0.717) is 26.1 Å². The average molecular weight is 242 g/mol. The van der Waals surface area contributed by atoms with E-state index < -0.39 is 5.54 Å². The van der Waals surface area contributed by atoms with Gasteiger partial charge >= 0.3 is 0 Å². The number of carbonyl (C=O) groups excluding carboxylic acids is 2. The van der Waals surface area contributed by atoms with Crippen molar-refractivity contribution in [2.75, 3.05) is 19.7 Å². The van der Waals surface area contributed by atoms with Crippen LogP contribution in [0.1, 0.15) is 34.1 Å². The van der Waals surface area contributed by atoms with E-state index in [4.69, 9.17) is 4.74 Å². The molecule has 1 atom stereocenters. The third-order valence-electron chi connectivity index (χ3n) is 2.81. The highest BCUT2D eigenvalue weighted by Gasteiger charge is 2.36. The number of rotatable bonds is 4. The fourth-order valence-corrected chi connectivity index (χ4v) is 2.02. The van der Waals surface area contributed by atoms with Gasteiger partial charge in [0.05, 0.1) is 6.10 Å². The van der Waals surface area contributed by atoms with Crippen molar-refractivity contribution in [1.29, 1.82) is 0 Å². The van der Waals surface area contributed by atoms with E-state index >= 15 is 0 Å². The molecule has 0 radical (unpaired) electrons. The van der Waals surface area contributed by atoms with E-state index in [2.05, 4.69) is 5.32 Å². The minimum absolute atomic E-state index is 0.00653. The molecule has 1 fully saturated rings. The van der Waals surface area contributed by atoms with E-state index in [0.717, 1.165) is 0 Å². The number of hydrogen-bond acceptors (Lipinski definition) is 3. The predicted octanol–water partition coefficient (Wildman–Crippen LogP) is 0.538. The second-order valence-corrected chi connectivity index (χ2v) is 4.94. The third kappa shape index (κ3) is 3.70. The van der Waals surface area contributed by atoms with Crippen molar-refractivity contribution in [3.8, 4) is 0 Å². The van der Waals surface area contributed by atoms with Crippen LogP contribution in [-0.4, -0.2) is 48.1 Å². The molecule has 0 aromatic rings. The van der Waals surface area contributed by atoms with Crippen LogP contribution in [0.3, 0.4) is 0 Å². The van der Waals surface area contributed by atoms with Gasteiger partial charge in [-0.1, -0.05) is 0 Å². The van der Waals surface area contributed by atoms with Crippen LogP contribution in [0.5, 0.6) is 0 Å². The highest BCUT2D eigenvalue weighted by molar-refractivity contribution is 5.92. The first-order valence-corrected chi connectivity index (χ1v) is 6.08. The molecule has 0 aromatic heterocycles. The van der Waals surface area contributed by atoms with Crippen molar-refractivity contribution >= 4 is 11.8 Å². The minimum Gasteiger partial charge on any atom is -0.377 e. The van der Waals surface area contributed by atoms with E-state index in [-0.39, 0.29) is 17.9 Å². The molecule has 5 nitrogen and oxygen atoms in total. The van der Waals surface area contributed by atoms with Crippen LogP contribution in [0, 0.1) is 0 Å². The lowest BCUT2D eigenvalue weighted by Crippen LogP contribution is -2.53. The van der Waals surface area contributed by atoms with Gasteiger partial charge in [-0.15, -0.1) is 0 Å². The lowest BCUT2D eigenvalue weighted by molar-refractivity contribution is -0.138. The van der Waals surface area contributed by atoms with Gasteiger partial charge in [0.25, 0.3) is 0 Å². The van der Waals surface area contributed by atoms with Crippen LogP contribution < -0.4 is 5.32 Å². The standard InChI is InChI=1S/C12H22N2O3/c1-5-17-9(2)8-14-7-6-10(15)13-12(3,4)11(14)16/h9H,5-8H2,1-4H3,(H,13,15). The van der Waals surface area contributed by atoms with Crippen LogP contribution in [0.15, 0.2) is 0 Å². The zero-order chi connectivity index (χ0) is 13.1. The minimum atomic E-state index is -0.820. The van der Waals surface area contributed by atoms with E-state index in [1.54, 1.807) is 18.7 Å². The summed E-state index contributed by atoms with van der Waals surface area (Å²) in [4.78, 5) is 25.4. The number of carbonyl (C=O) groups is 2. The maximum Gasteiger partial charge on any atom is 0.247 e. The molecule has 1 unspecified atom stereocenters. The lowest BCUT2D eigenvalue weighted by Gasteiger charge is -2.30. The normalized spacial score (nSPS) is 22.0. The Hall–Kier alpha value is -1.10. The Balaban J connectivity index is 2.71. The van der Waals surface area contributed by atoms with Crippen LogP contribution in [-0.2, 0) is 14.3 Å². The Morgan fingerprint density at radius 3 is 2.71 bits per heavy atom. The van der Waals surface area contributed by atoms with Crippen LogP contribution in [0.2, 0.25) is 0 Å². The molecule has 1 N–H and O–H groups in total. The summed E-state index contributed by atoms with van der Waals surface area (Å²) in [6.07, 6.45) is 0.349. The van der Waals surface area contributed by atoms with Crippen molar-refractivity contribution in [2.24, 2.45) is 0 Å². The topological polar surface area (TPSA) is 58.6 Å². The first-order valence-electron chi connectivity index (χ1n) is 6.08. The van der Waals surface area contributed by atoms with Crippen molar-refractivity contribution < 1.29 is 14.3 Å². The summed E-state index contributed by atoms with van der Waals surface area (Å²) in [6.45, 7) is 8.95. The lowest BCUT2D eigenvalue weighted by atomic mass is 10.0. The summed E-state index contributed by atoms with van der Waals surface area (Å²) < 4.78 is 5.43. The highest BCUT2D eigenvalue weighted by atomic mass is 16.5. The first-order chi connectivity index (χ1) is 7.86. The molecule has 98 valence electrons. The SMILES string of the molecule is CCOC(C)CN1CCC(=O)NC(C)(C)C1=O. The van der Waals surface area contributed by atoms with Gasteiger partial charge in [-0.05, 0) is 27.7 Å². The fraction of sp³-hybridized carbons (Fsp3) is 0.833. The summed E-state index contributed by atoms with van der Waals surface area (Å²) in [5.41, 5.74) is -0.820. The largest absolute Gasteiger partial charge is 0.377 e. The fourth-order valence-electron chi connectivity index (χ4n) is 2.02. The number of nitrogens with zero attached hydrogens (tertiary/aromatic N) is 1. The van der Waals surface area contributed by atoms with E-state index in [1.807, 2.05) is 13.8 Å². The highest BCUT2D eigenvalue weighted by Crippen LogP contribution is 2.14. The molecule has 0 bridgehead atoms. The smallest absolute Gasteiger partial charge is 0.247 e. The van der Waals surface area contributed by atoms with Crippen molar-refractivity contribution in [1.82, 2.24) is 10.2 Å². The third-order valence-corrected chi connectivity index (χ3v) is 2.81. The molecule has 0 aliphatic carbocycles. The van der Waals surface area contributed by atoms with Gasteiger partial charge in [0, 0.05) is 26.1 Å². The Bertz CT molecular complexity index is 302. The summed E-state index contributed by atoms with van der Waals surface area (Å²) in [5, 5.41) is 2.73. The summed E-state index contributed by atoms with van der Waals surface area (Å²) in [5.74, 6) is -0.121. The Morgan fingerprint density at radius 2 is 2.12 bits per heavy atom. The zero-order valence-electron chi connectivity index (χ0n) is 11.1. The number of nitrogens with one attached hydrogen (secondary N) is 1. The zero-order valence-corrected chi connectivity index (χ0v) is 11.1. The van der Waals surface area contributed by atoms with Gasteiger partial charge in [-0.25, -0.2) is 0 Å². The first kappa shape index (κ1) is 14.0. The molecule has 5 heteroatoms. The molecule has 17 heavy (non-hydrogen) atoms. The van der Waals surface area contributed by atoms with Gasteiger partial charge < -0.3 is 15.0 Å². The number of ether oxygens (including phenoxy) is 1. The monoisotopic (exact) mass is 242 g/mol. The molecule has 1 rings (SSSR count). The molecule has 0 aromatic carbocycles. The predicted molar refractivity (Wildman–Crippen MR) is 64.5 cm³/mol.